The Hall–Kier alpha value is -3.95. The van der Waals surface area contributed by atoms with Crippen molar-refractivity contribution < 1.29 is 9.59 Å². The monoisotopic (exact) mass is 418 g/mol. The zero-order valence-electron chi connectivity index (χ0n) is 17.2. The molecule has 10 nitrogen and oxygen atoms in total. The molecule has 10 heteroatoms. The van der Waals surface area contributed by atoms with Gasteiger partial charge in [0.05, 0.1) is 12.2 Å². The summed E-state index contributed by atoms with van der Waals surface area (Å²) in [5, 5.41) is 12.5. The predicted octanol–water partition coefficient (Wildman–Crippen LogP) is 2.08. The number of nitrogens with one attached hydrogen (secondary N) is 3. The Kier molecular flexibility index (Phi) is 4.54. The molecule has 0 radical (unpaired) electrons. The Labute approximate surface area is 178 Å². The number of hydrogen-bond acceptors (Lipinski definition) is 7. The van der Waals surface area contributed by atoms with E-state index in [-0.39, 0.29) is 11.7 Å². The topological polar surface area (TPSA) is 117 Å². The maximum atomic E-state index is 11.9. The van der Waals surface area contributed by atoms with Crippen LogP contribution in [0.2, 0.25) is 0 Å². The zero-order chi connectivity index (χ0) is 21.5. The second-order valence-corrected chi connectivity index (χ2v) is 7.76. The van der Waals surface area contributed by atoms with Gasteiger partial charge in [0.25, 0.3) is 5.91 Å². The number of anilines is 2. The molecule has 0 unspecified atom stereocenters. The Morgan fingerprint density at radius 3 is 2.65 bits per heavy atom. The largest absolute Gasteiger partial charge is 0.351 e. The molecule has 0 bridgehead atoms. The van der Waals surface area contributed by atoms with E-state index >= 15 is 0 Å². The molecule has 1 aliphatic carbocycles. The average Bonchev–Trinajstić information content (AvgIpc) is 3.41. The first-order valence-electron chi connectivity index (χ1n) is 10.1. The maximum absolute atomic E-state index is 11.9. The quantitative estimate of drug-likeness (QED) is 0.414. The first-order chi connectivity index (χ1) is 15.0. The molecule has 1 aromatic carbocycles. The third-order valence-electron chi connectivity index (χ3n) is 5.49. The summed E-state index contributed by atoms with van der Waals surface area (Å²) < 4.78 is 1.63. The molecule has 1 atom stereocenters. The van der Waals surface area contributed by atoms with Crippen molar-refractivity contribution in [1.29, 1.82) is 0 Å². The van der Waals surface area contributed by atoms with Crippen molar-refractivity contribution in [3.8, 4) is 0 Å². The van der Waals surface area contributed by atoms with Gasteiger partial charge in [-0.05, 0) is 31.4 Å². The van der Waals surface area contributed by atoms with Gasteiger partial charge < -0.3 is 15.5 Å². The van der Waals surface area contributed by atoms with Crippen LogP contribution in [-0.2, 0) is 4.79 Å². The summed E-state index contributed by atoms with van der Waals surface area (Å²) in [5.74, 6) is 0.649. The second kappa shape index (κ2) is 7.38. The number of urea groups is 1. The van der Waals surface area contributed by atoms with Crippen molar-refractivity contribution >= 4 is 35.6 Å². The summed E-state index contributed by atoms with van der Waals surface area (Å²) in [6.07, 6.45) is 5.35. The molecule has 1 saturated carbocycles. The van der Waals surface area contributed by atoms with Crippen LogP contribution in [0.1, 0.15) is 36.9 Å². The summed E-state index contributed by atoms with van der Waals surface area (Å²) in [6.45, 7) is 2.09. The van der Waals surface area contributed by atoms with E-state index in [9.17, 15) is 9.59 Å². The molecular weight excluding hydrogens is 396 g/mol. The fourth-order valence-electron chi connectivity index (χ4n) is 3.41. The number of rotatable bonds is 6. The first-order valence-corrected chi connectivity index (χ1v) is 10.1. The Morgan fingerprint density at radius 1 is 1.19 bits per heavy atom. The zero-order valence-corrected chi connectivity index (χ0v) is 17.2. The van der Waals surface area contributed by atoms with E-state index in [4.69, 9.17) is 9.97 Å². The number of benzene rings is 1. The van der Waals surface area contributed by atoms with E-state index in [0.717, 1.165) is 18.4 Å². The van der Waals surface area contributed by atoms with E-state index in [1.807, 2.05) is 30.1 Å². The predicted molar refractivity (Wildman–Crippen MR) is 115 cm³/mol. The number of imide groups is 1. The molecule has 3 amide bonds. The molecule has 2 fully saturated rings. The normalized spacial score (nSPS) is 18.2. The first kappa shape index (κ1) is 19.0. The van der Waals surface area contributed by atoms with Gasteiger partial charge in [-0.15, -0.1) is 0 Å². The highest BCUT2D eigenvalue weighted by Gasteiger charge is 2.27. The lowest BCUT2D eigenvalue weighted by molar-refractivity contribution is -0.115. The lowest BCUT2D eigenvalue weighted by Gasteiger charge is -2.25. The standard InChI is InChI=1S/C21H22N8O2/c1-12(13-6-4-3-5-7-13)28(2)19-25-17-14(10-16-18(30)26-21(31)24-16)11-22-29(17)20(27-19)23-15-8-9-15/h3-7,10-12,15H,8-9H2,1-2H3,(H,23,25,27)(H2,24,26,30,31)/b16-10-/t12-/m0/s1. The minimum atomic E-state index is -0.546. The van der Waals surface area contributed by atoms with Gasteiger partial charge in [-0.25, -0.2) is 4.79 Å². The van der Waals surface area contributed by atoms with E-state index in [1.54, 1.807) is 16.8 Å². The third kappa shape index (κ3) is 3.67. The molecule has 1 saturated heterocycles. The smallest absolute Gasteiger partial charge is 0.326 e. The van der Waals surface area contributed by atoms with Gasteiger partial charge in [0.1, 0.15) is 5.70 Å². The van der Waals surface area contributed by atoms with Crippen molar-refractivity contribution in [1.82, 2.24) is 30.2 Å². The fraction of sp³-hybridized carbons (Fsp3) is 0.286. The van der Waals surface area contributed by atoms with E-state index in [0.29, 0.717) is 29.1 Å². The van der Waals surface area contributed by atoms with Crippen LogP contribution >= 0.6 is 0 Å². The van der Waals surface area contributed by atoms with Crippen LogP contribution in [-0.4, -0.2) is 44.6 Å². The summed E-state index contributed by atoms with van der Waals surface area (Å²) in [5.41, 5.74) is 2.45. The van der Waals surface area contributed by atoms with Crippen LogP contribution in [0.15, 0.2) is 42.2 Å². The van der Waals surface area contributed by atoms with Gasteiger partial charge in [-0.1, -0.05) is 30.3 Å². The number of amides is 3. The lowest BCUT2D eigenvalue weighted by Crippen LogP contribution is -2.25. The van der Waals surface area contributed by atoms with Crippen molar-refractivity contribution in [2.75, 3.05) is 17.3 Å². The van der Waals surface area contributed by atoms with Crippen LogP contribution in [0.5, 0.6) is 0 Å². The number of hydrogen-bond donors (Lipinski definition) is 3. The average molecular weight is 418 g/mol. The van der Waals surface area contributed by atoms with Crippen LogP contribution < -0.4 is 20.9 Å². The molecule has 5 rings (SSSR count). The molecule has 3 N–H and O–H groups in total. The molecule has 3 aromatic rings. The lowest BCUT2D eigenvalue weighted by atomic mass is 10.1. The molecule has 31 heavy (non-hydrogen) atoms. The number of nitrogens with zero attached hydrogens (tertiary/aromatic N) is 5. The highest BCUT2D eigenvalue weighted by Crippen LogP contribution is 2.28. The minimum absolute atomic E-state index is 0.0436. The van der Waals surface area contributed by atoms with Crippen molar-refractivity contribution in [3.63, 3.8) is 0 Å². The Morgan fingerprint density at radius 2 is 1.97 bits per heavy atom. The fourth-order valence-corrected chi connectivity index (χ4v) is 3.41. The van der Waals surface area contributed by atoms with Crippen molar-refractivity contribution in [2.45, 2.75) is 31.8 Å². The Balaban J connectivity index is 1.57. The molecule has 3 heterocycles. The highest BCUT2D eigenvalue weighted by molar-refractivity contribution is 6.14. The van der Waals surface area contributed by atoms with Gasteiger partial charge in [0, 0.05) is 18.7 Å². The summed E-state index contributed by atoms with van der Waals surface area (Å²) in [7, 11) is 1.95. The van der Waals surface area contributed by atoms with Crippen LogP contribution in [0.3, 0.4) is 0 Å². The second-order valence-electron chi connectivity index (χ2n) is 7.76. The highest BCUT2D eigenvalue weighted by atomic mass is 16.2. The Bertz CT molecular complexity index is 1200. The van der Waals surface area contributed by atoms with E-state index in [1.165, 1.54) is 0 Å². The molecular formula is C21H22N8O2. The molecule has 2 aliphatic rings. The number of carbonyl (C=O) groups is 2. The van der Waals surface area contributed by atoms with Crippen LogP contribution in [0.25, 0.3) is 11.7 Å². The van der Waals surface area contributed by atoms with Crippen molar-refractivity contribution in [3.05, 3.63) is 53.4 Å². The molecule has 0 spiro atoms. The summed E-state index contributed by atoms with van der Waals surface area (Å²) in [4.78, 5) is 34.9. The van der Waals surface area contributed by atoms with E-state index in [2.05, 4.69) is 40.1 Å². The van der Waals surface area contributed by atoms with Gasteiger partial charge in [0.15, 0.2) is 5.65 Å². The molecule has 2 aromatic heterocycles. The van der Waals surface area contributed by atoms with Crippen LogP contribution in [0, 0.1) is 0 Å². The van der Waals surface area contributed by atoms with Gasteiger partial charge in [0.2, 0.25) is 11.9 Å². The molecule has 158 valence electrons. The maximum Gasteiger partial charge on any atom is 0.326 e. The van der Waals surface area contributed by atoms with Gasteiger partial charge >= 0.3 is 6.03 Å². The summed E-state index contributed by atoms with van der Waals surface area (Å²) in [6, 6.07) is 10.0. The van der Waals surface area contributed by atoms with E-state index < -0.39 is 11.9 Å². The number of fused-ring (bicyclic) bond motifs is 1. The van der Waals surface area contributed by atoms with Gasteiger partial charge in [-0.2, -0.15) is 19.6 Å². The van der Waals surface area contributed by atoms with Crippen LogP contribution in [0.4, 0.5) is 16.7 Å². The third-order valence-corrected chi connectivity index (χ3v) is 5.49. The van der Waals surface area contributed by atoms with Crippen molar-refractivity contribution in [2.24, 2.45) is 0 Å². The SMILES string of the molecule is C[C@@H](c1ccccc1)N(C)c1nc(NC2CC2)n2ncc(/C=C3\NC(=O)NC3=O)c2n1. The van der Waals surface area contributed by atoms with Gasteiger partial charge in [-0.3, -0.25) is 10.1 Å². The molecule has 1 aliphatic heterocycles. The number of carbonyl (C=O) groups excluding carboxylic acids is 2. The minimum Gasteiger partial charge on any atom is -0.351 e. The number of aromatic nitrogens is 4. The summed E-state index contributed by atoms with van der Waals surface area (Å²) >= 11 is 0.